The Kier molecular flexibility index (Phi) is 13.9. The van der Waals surface area contributed by atoms with Crippen LogP contribution in [0.3, 0.4) is 0 Å². The lowest BCUT2D eigenvalue weighted by atomic mass is 9.89. The Morgan fingerprint density at radius 2 is 1.81 bits per heavy atom. The zero-order chi connectivity index (χ0) is 48.0. The van der Waals surface area contributed by atoms with Crippen LogP contribution in [0.1, 0.15) is 99.7 Å². The van der Waals surface area contributed by atoms with Gasteiger partial charge in [0.1, 0.15) is 30.5 Å². The van der Waals surface area contributed by atoms with E-state index in [-0.39, 0.29) is 59.5 Å². The number of alkyl halides is 2. The summed E-state index contributed by atoms with van der Waals surface area (Å²) >= 11 is 0. The average Bonchev–Trinajstić information content (AvgIpc) is 3.82. The number of fused-ring (bicyclic) bond motifs is 3. The van der Waals surface area contributed by atoms with E-state index >= 15 is 0 Å². The second-order valence-corrected chi connectivity index (χ2v) is 19.8. The zero-order valence-electron chi connectivity index (χ0n) is 39.8. The molecule has 9 rings (SSSR count). The van der Waals surface area contributed by atoms with E-state index in [1.807, 2.05) is 24.8 Å². The Labute approximate surface area is 396 Å². The molecule has 4 fully saturated rings. The minimum atomic E-state index is -2.68. The third-order valence-electron chi connectivity index (χ3n) is 15.0. The predicted molar refractivity (Wildman–Crippen MR) is 248 cm³/mol. The Morgan fingerprint density at radius 3 is 2.53 bits per heavy atom. The molecule has 1 aliphatic carbocycles. The molecule has 17 nitrogen and oxygen atoms in total. The van der Waals surface area contributed by atoms with Gasteiger partial charge in [-0.1, -0.05) is 13.0 Å². The lowest BCUT2D eigenvalue weighted by Crippen LogP contribution is -2.96. The van der Waals surface area contributed by atoms with Gasteiger partial charge in [-0.25, -0.2) is 8.78 Å². The largest absolute Gasteiger partial charge is 0.491 e. The number of benzene rings is 1. The summed E-state index contributed by atoms with van der Waals surface area (Å²) in [5, 5.41) is 12.9. The van der Waals surface area contributed by atoms with Crippen LogP contribution in [0.4, 0.5) is 20.3 Å². The predicted octanol–water partition coefficient (Wildman–Crippen LogP) is 1.30. The molecule has 0 saturated carbocycles. The molecule has 366 valence electrons. The number of imide groups is 2. The summed E-state index contributed by atoms with van der Waals surface area (Å²) in [6, 6.07) is 2.67. The molecular weight excluding hydrogens is 877 g/mol. The number of carbonyl (C=O) groups is 5. The number of aromatic nitrogens is 2. The van der Waals surface area contributed by atoms with Crippen molar-refractivity contribution in [1.82, 2.24) is 40.0 Å². The van der Waals surface area contributed by atoms with E-state index in [1.165, 1.54) is 0 Å². The van der Waals surface area contributed by atoms with Gasteiger partial charge in [0.2, 0.25) is 17.7 Å². The Balaban J connectivity index is 0.843. The molecule has 7 heterocycles. The first-order chi connectivity index (χ1) is 32.7. The molecule has 0 radical (unpaired) electrons. The van der Waals surface area contributed by atoms with Crippen molar-refractivity contribution in [3.8, 4) is 0 Å². The van der Waals surface area contributed by atoms with E-state index in [0.717, 1.165) is 110 Å². The van der Waals surface area contributed by atoms with Crippen LogP contribution in [0.2, 0.25) is 0 Å². The molecular formula is C49H67F2N11O6+2. The number of halogens is 2. The number of carbonyl (C=O) groups excluding carboxylic acids is 5. The monoisotopic (exact) mass is 944 g/mol. The molecule has 0 spiro atoms. The maximum absolute atomic E-state index is 14.9. The Morgan fingerprint density at radius 1 is 1.03 bits per heavy atom. The summed E-state index contributed by atoms with van der Waals surface area (Å²) in [6.45, 7) is 13.9. The maximum atomic E-state index is 14.9. The van der Waals surface area contributed by atoms with Crippen LogP contribution in [-0.2, 0) is 48.1 Å². The van der Waals surface area contributed by atoms with Crippen LogP contribution in [0.5, 0.6) is 0 Å². The number of ether oxygens (including phenoxy) is 1. The number of rotatable bonds is 13. The standard InChI is InChI=1S/C49H65F2N11O6/c1-28-20-36-44(49(67)61(48(36)66)40-7-8-43(64)55-47(40)65)42(21-28)68-27-32-25-58(17-12-54-32)19-18-57-14-9-33(10-15-57)62-39-11-16-59(30(3)63)26-38(39)46(56-62)60-13-5-6-31-22-34(37(24-53-4)29(2)52)35(45(50)51)23-41(31)60/h20,22-24,28-29,32-33,40,45,53-54H,5-19,21,25-27,52H2,1-4H3,(H,55,64,65)/p+2. The first kappa shape index (κ1) is 47.6. The van der Waals surface area contributed by atoms with Gasteiger partial charge >= 0.3 is 0 Å². The molecule has 19 heteroatoms. The van der Waals surface area contributed by atoms with E-state index in [9.17, 15) is 32.8 Å². The average molecular weight is 944 g/mol. The van der Waals surface area contributed by atoms with Crippen molar-refractivity contribution in [2.45, 2.75) is 109 Å². The van der Waals surface area contributed by atoms with Crippen LogP contribution in [0.25, 0.3) is 5.57 Å². The van der Waals surface area contributed by atoms with E-state index < -0.39 is 36.1 Å². The molecule has 68 heavy (non-hydrogen) atoms. The number of piperidine rings is 2. The van der Waals surface area contributed by atoms with Crippen molar-refractivity contribution in [3.05, 3.63) is 69.3 Å². The number of piperazine rings is 1. The van der Waals surface area contributed by atoms with E-state index in [0.29, 0.717) is 50.4 Å². The normalized spacial score (nSPS) is 24.8. The summed E-state index contributed by atoms with van der Waals surface area (Å²) in [5.41, 5.74) is 9.84. The highest BCUT2D eigenvalue weighted by Gasteiger charge is 2.49. The van der Waals surface area contributed by atoms with Crippen LogP contribution >= 0.6 is 0 Å². The lowest BCUT2D eigenvalue weighted by molar-refractivity contribution is -0.699. The molecule has 1 aromatic carbocycles. The van der Waals surface area contributed by atoms with Gasteiger partial charge in [-0.05, 0) is 68.2 Å². The number of anilines is 2. The first-order valence-corrected chi connectivity index (χ1v) is 24.6. The van der Waals surface area contributed by atoms with Crippen molar-refractivity contribution in [1.29, 1.82) is 0 Å². The summed E-state index contributed by atoms with van der Waals surface area (Å²) in [5.74, 6) is -0.841. The topological polar surface area (TPSA) is 197 Å². The second kappa shape index (κ2) is 19.8. The van der Waals surface area contributed by atoms with E-state index in [4.69, 9.17) is 9.84 Å². The zero-order valence-corrected chi connectivity index (χ0v) is 39.8. The number of nitrogens with zero attached hydrogens (tertiary/aromatic N) is 7. The highest BCUT2D eigenvalue weighted by atomic mass is 19.3. The number of allylic oxidation sites excluding steroid dienone is 2. The molecule has 5 amide bonds. The van der Waals surface area contributed by atoms with Gasteiger partial charge in [0.05, 0.1) is 36.8 Å². The van der Waals surface area contributed by atoms with Crippen LogP contribution in [-0.4, -0.2) is 150 Å². The molecule has 6 aliphatic heterocycles. The summed E-state index contributed by atoms with van der Waals surface area (Å²) in [6.07, 6.45) is 5.67. The Bertz CT molecular complexity index is 2440. The summed E-state index contributed by atoms with van der Waals surface area (Å²) in [4.78, 5) is 74.4. The van der Waals surface area contributed by atoms with E-state index in [1.54, 1.807) is 32.3 Å². The van der Waals surface area contributed by atoms with Gasteiger partial charge < -0.3 is 35.8 Å². The minimum absolute atomic E-state index is 0.00836. The van der Waals surface area contributed by atoms with Gasteiger partial charge in [-0.2, -0.15) is 5.10 Å². The fourth-order valence-electron chi connectivity index (χ4n) is 11.4. The fourth-order valence-corrected chi connectivity index (χ4v) is 11.4. The van der Waals surface area contributed by atoms with Gasteiger partial charge in [0, 0.05) is 113 Å². The number of nitrogens with two attached hydrogens (primary N) is 1. The van der Waals surface area contributed by atoms with Crippen molar-refractivity contribution in [3.63, 3.8) is 0 Å². The smallest absolute Gasteiger partial charge is 0.265 e. The Hall–Kier alpha value is -5.50. The molecule has 7 aliphatic rings. The van der Waals surface area contributed by atoms with E-state index in [2.05, 4.69) is 41.1 Å². The number of likely N-dealkylation sites (tertiary alicyclic amines) is 2. The second-order valence-electron chi connectivity index (χ2n) is 19.8. The maximum Gasteiger partial charge on any atom is 0.265 e. The third kappa shape index (κ3) is 9.33. The lowest BCUT2D eigenvalue weighted by Gasteiger charge is -2.36. The number of amides is 5. The van der Waals surface area contributed by atoms with Crippen LogP contribution < -0.4 is 26.6 Å². The van der Waals surface area contributed by atoms with Crippen molar-refractivity contribution < 1.29 is 48.5 Å². The van der Waals surface area contributed by atoms with Crippen LogP contribution in [0.15, 0.2) is 41.3 Å². The molecule has 4 saturated heterocycles. The minimum Gasteiger partial charge on any atom is -0.491 e. The quantitative estimate of drug-likeness (QED) is 0.212. The molecule has 0 bridgehead atoms. The number of quaternary nitrogens is 2. The molecule has 4 atom stereocenters. The van der Waals surface area contributed by atoms with Gasteiger partial charge in [0.15, 0.2) is 5.82 Å². The highest BCUT2D eigenvalue weighted by molar-refractivity contribution is 6.26. The number of hydrogen-bond acceptors (Lipinski definition) is 11. The number of aryl methyl sites for hydroxylation is 1. The van der Waals surface area contributed by atoms with Gasteiger partial charge in [-0.3, -0.25) is 43.8 Å². The molecule has 4 unspecified atom stereocenters. The fraction of sp³-hybridized carbons (Fsp3) is 0.592. The van der Waals surface area contributed by atoms with Gasteiger partial charge in [0.25, 0.3) is 18.2 Å². The summed E-state index contributed by atoms with van der Waals surface area (Å²) < 4.78 is 38.4. The van der Waals surface area contributed by atoms with Crippen molar-refractivity contribution in [2.24, 2.45) is 5.92 Å². The van der Waals surface area contributed by atoms with Crippen LogP contribution in [0, 0.1) is 5.92 Å². The first-order valence-electron chi connectivity index (χ1n) is 24.6. The van der Waals surface area contributed by atoms with Gasteiger partial charge in [-0.15, -0.1) is 0 Å². The SMILES string of the molecule is CNC=C(c1cc2c(cc1C(F)F)N(c1nn(C3CCN(CCN4CC[NH2+]C(COC5=C6C(=O)N(C7CCC(=O)NC7=O)C(=O)C6=CC(C)C5)C4)CC3)c3c1CN(C(C)=O)CC3)CCC2)C(C)[NH3+]. The molecule has 1 aromatic heterocycles. The third-order valence-corrected chi connectivity index (χ3v) is 15.0. The summed E-state index contributed by atoms with van der Waals surface area (Å²) in [7, 11) is 1.77. The molecule has 7 N–H and O–H groups in total. The van der Waals surface area contributed by atoms with Crippen molar-refractivity contribution >= 4 is 46.6 Å². The van der Waals surface area contributed by atoms with Crippen molar-refractivity contribution in [2.75, 3.05) is 77.5 Å². The highest BCUT2D eigenvalue weighted by Crippen LogP contribution is 2.44. The number of hydrogen-bond donors (Lipinski definition) is 4. The molecule has 2 aromatic rings. The number of nitrogens with one attached hydrogen (secondary N) is 2.